The van der Waals surface area contributed by atoms with E-state index in [-0.39, 0.29) is 28.5 Å². The molecule has 0 heterocycles. The summed E-state index contributed by atoms with van der Waals surface area (Å²) in [4.78, 5) is 10.6. The molecule has 0 rings (SSSR count). The summed E-state index contributed by atoms with van der Waals surface area (Å²) in [5, 5.41) is 10.9. The minimum absolute atomic E-state index is 0.0192. The number of ether oxygens (including phenoxy) is 1. The van der Waals surface area contributed by atoms with Gasteiger partial charge in [-0.1, -0.05) is 41.5 Å². The van der Waals surface area contributed by atoms with E-state index >= 15 is 0 Å². The predicted molar refractivity (Wildman–Crippen MR) is 69.7 cm³/mol. The zero-order valence-corrected chi connectivity index (χ0v) is 12.5. The molecule has 0 bridgehead atoms. The standard InChI is InChI=1S/C13H27NO3/c1-11(2,3)10(12(4,5)6)17-9-13(7,8)14(15)16/h10H,9H2,1-8H3. The first-order valence-electron chi connectivity index (χ1n) is 6.04. The highest BCUT2D eigenvalue weighted by atomic mass is 16.6. The van der Waals surface area contributed by atoms with Crippen molar-refractivity contribution in [2.24, 2.45) is 10.8 Å². The molecule has 0 aromatic carbocycles. The molecule has 0 spiro atoms. The van der Waals surface area contributed by atoms with Gasteiger partial charge in [0.1, 0.15) is 6.61 Å². The molecule has 0 aliphatic heterocycles. The molecule has 4 heteroatoms. The summed E-state index contributed by atoms with van der Waals surface area (Å²) in [5.41, 5.74) is -1.11. The first kappa shape index (κ1) is 16.4. The van der Waals surface area contributed by atoms with Gasteiger partial charge in [-0.3, -0.25) is 10.1 Å². The molecule has 0 atom stereocenters. The molecule has 0 aromatic rings. The van der Waals surface area contributed by atoms with E-state index in [2.05, 4.69) is 41.5 Å². The van der Waals surface area contributed by atoms with Gasteiger partial charge in [0.05, 0.1) is 6.10 Å². The molecule has 102 valence electrons. The van der Waals surface area contributed by atoms with Crippen LogP contribution in [0.25, 0.3) is 0 Å². The van der Waals surface area contributed by atoms with Crippen molar-refractivity contribution in [3.8, 4) is 0 Å². The van der Waals surface area contributed by atoms with Crippen molar-refractivity contribution in [3.63, 3.8) is 0 Å². The maximum absolute atomic E-state index is 10.9. The van der Waals surface area contributed by atoms with Gasteiger partial charge in [0.2, 0.25) is 5.54 Å². The lowest BCUT2D eigenvalue weighted by atomic mass is 9.74. The van der Waals surface area contributed by atoms with Crippen LogP contribution in [0, 0.1) is 20.9 Å². The Bertz CT molecular complexity index is 257. The second-order valence-corrected chi connectivity index (χ2v) is 7.49. The highest BCUT2D eigenvalue weighted by Crippen LogP contribution is 2.36. The summed E-state index contributed by atoms with van der Waals surface area (Å²) < 4.78 is 5.86. The topological polar surface area (TPSA) is 52.4 Å². The SMILES string of the molecule is CC(C)(C)C(OCC(C)(C)[N+](=O)[O-])C(C)(C)C. The van der Waals surface area contributed by atoms with Gasteiger partial charge in [0, 0.05) is 18.8 Å². The Morgan fingerprint density at radius 3 is 1.59 bits per heavy atom. The Hall–Kier alpha value is -0.640. The van der Waals surface area contributed by atoms with Gasteiger partial charge in [-0.05, 0) is 10.8 Å². The van der Waals surface area contributed by atoms with E-state index in [0.29, 0.717) is 0 Å². The Morgan fingerprint density at radius 1 is 1.00 bits per heavy atom. The van der Waals surface area contributed by atoms with Crippen LogP contribution in [0.3, 0.4) is 0 Å². The fourth-order valence-corrected chi connectivity index (χ4v) is 2.14. The van der Waals surface area contributed by atoms with Crippen LogP contribution < -0.4 is 0 Å². The van der Waals surface area contributed by atoms with Gasteiger partial charge in [-0.25, -0.2) is 0 Å². The molecule has 17 heavy (non-hydrogen) atoms. The fraction of sp³-hybridized carbons (Fsp3) is 1.00. The van der Waals surface area contributed by atoms with Crippen LogP contribution in [0.5, 0.6) is 0 Å². The van der Waals surface area contributed by atoms with Gasteiger partial charge < -0.3 is 4.74 Å². The van der Waals surface area contributed by atoms with Crippen molar-refractivity contribution in [2.75, 3.05) is 6.61 Å². The molecule has 0 fully saturated rings. The van der Waals surface area contributed by atoms with E-state index in [1.54, 1.807) is 13.8 Å². The zero-order valence-electron chi connectivity index (χ0n) is 12.5. The molecular weight excluding hydrogens is 218 g/mol. The largest absolute Gasteiger partial charge is 0.370 e. The highest BCUT2D eigenvalue weighted by Gasteiger charge is 2.39. The van der Waals surface area contributed by atoms with E-state index in [9.17, 15) is 10.1 Å². The average molecular weight is 245 g/mol. The van der Waals surface area contributed by atoms with E-state index in [0.717, 1.165) is 0 Å². The Balaban J connectivity index is 4.77. The fourth-order valence-electron chi connectivity index (χ4n) is 2.14. The van der Waals surface area contributed by atoms with Crippen LogP contribution >= 0.6 is 0 Å². The predicted octanol–water partition coefficient (Wildman–Crippen LogP) is 3.52. The van der Waals surface area contributed by atoms with Crippen LogP contribution in [0.15, 0.2) is 0 Å². The maximum Gasteiger partial charge on any atom is 0.239 e. The van der Waals surface area contributed by atoms with Crippen molar-refractivity contribution in [3.05, 3.63) is 10.1 Å². The van der Waals surface area contributed by atoms with E-state index in [1.165, 1.54) is 0 Å². The smallest absolute Gasteiger partial charge is 0.239 e. The van der Waals surface area contributed by atoms with Crippen molar-refractivity contribution in [1.82, 2.24) is 0 Å². The lowest BCUT2D eigenvalue weighted by Crippen LogP contribution is -2.45. The third-order valence-electron chi connectivity index (χ3n) is 2.67. The van der Waals surface area contributed by atoms with Crippen LogP contribution in [-0.2, 0) is 4.74 Å². The molecule has 4 nitrogen and oxygen atoms in total. The summed E-state index contributed by atoms with van der Waals surface area (Å²) >= 11 is 0. The minimum Gasteiger partial charge on any atom is -0.370 e. The summed E-state index contributed by atoms with van der Waals surface area (Å²) in [6, 6.07) is 0. The molecule has 0 aromatic heterocycles. The minimum atomic E-state index is -1.03. The number of hydrogen-bond acceptors (Lipinski definition) is 3. The first-order chi connectivity index (χ1) is 7.28. The lowest BCUT2D eigenvalue weighted by Gasteiger charge is -2.41. The molecule has 0 N–H and O–H groups in total. The third-order valence-corrected chi connectivity index (χ3v) is 2.67. The van der Waals surface area contributed by atoms with Crippen molar-refractivity contribution in [1.29, 1.82) is 0 Å². The molecule has 0 radical (unpaired) electrons. The van der Waals surface area contributed by atoms with Crippen molar-refractivity contribution < 1.29 is 9.66 Å². The average Bonchev–Trinajstić information content (AvgIpc) is 1.97. The second kappa shape index (κ2) is 4.92. The van der Waals surface area contributed by atoms with Crippen LogP contribution in [-0.4, -0.2) is 23.2 Å². The first-order valence-corrected chi connectivity index (χ1v) is 6.04. The quantitative estimate of drug-likeness (QED) is 0.562. The third kappa shape index (κ3) is 5.02. The van der Waals surface area contributed by atoms with Gasteiger partial charge in [-0.2, -0.15) is 0 Å². The lowest BCUT2D eigenvalue weighted by molar-refractivity contribution is -0.566. The van der Waals surface area contributed by atoms with E-state index < -0.39 is 5.54 Å². The Labute approximate surface area is 105 Å². The summed E-state index contributed by atoms with van der Waals surface area (Å²) in [7, 11) is 0. The van der Waals surface area contributed by atoms with Crippen LogP contribution in [0.2, 0.25) is 0 Å². The summed E-state index contributed by atoms with van der Waals surface area (Å²) in [6.45, 7) is 15.9. The van der Waals surface area contributed by atoms with Crippen molar-refractivity contribution >= 4 is 0 Å². The monoisotopic (exact) mass is 245 g/mol. The molecule has 0 saturated heterocycles. The zero-order chi connectivity index (χ0) is 14.1. The maximum atomic E-state index is 10.9. The Kier molecular flexibility index (Phi) is 4.74. The number of nitrogens with zero attached hydrogens (tertiary/aromatic N) is 1. The van der Waals surface area contributed by atoms with Gasteiger partial charge in [0.25, 0.3) is 0 Å². The molecular formula is C13H27NO3. The molecule has 0 amide bonds. The normalized spacial score (nSPS) is 14.2. The van der Waals surface area contributed by atoms with Gasteiger partial charge in [-0.15, -0.1) is 0 Å². The van der Waals surface area contributed by atoms with E-state index in [1.807, 2.05) is 0 Å². The summed E-state index contributed by atoms with van der Waals surface area (Å²) in [6.07, 6.45) is -0.0192. The van der Waals surface area contributed by atoms with Gasteiger partial charge in [0.15, 0.2) is 0 Å². The highest BCUT2D eigenvalue weighted by molar-refractivity contribution is 4.86. The van der Waals surface area contributed by atoms with Crippen molar-refractivity contribution in [2.45, 2.75) is 67.0 Å². The number of hydrogen-bond donors (Lipinski definition) is 0. The second-order valence-electron chi connectivity index (χ2n) is 7.49. The molecule has 0 aliphatic carbocycles. The summed E-state index contributed by atoms with van der Waals surface area (Å²) in [5.74, 6) is 0. The van der Waals surface area contributed by atoms with Crippen LogP contribution in [0.4, 0.5) is 0 Å². The molecule has 0 unspecified atom stereocenters. The molecule has 0 saturated carbocycles. The van der Waals surface area contributed by atoms with Crippen LogP contribution in [0.1, 0.15) is 55.4 Å². The number of rotatable bonds is 4. The number of nitro groups is 1. The van der Waals surface area contributed by atoms with Gasteiger partial charge >= 0.3 is 0 Å². The molecule has 0 aliphatic rings. The van der Waals surface area contributed by atoms with E-state index in [4.69, 9.17) is 4.74 Å². The Morgan fingerprint density at radius 2 is 1.35 bits per heavy atom.